The van der Waals surface area contributed by atoms with Crippen LogP contribution in [0.3, 0.4) is 0 Å². The molecule has 0 bridgehead atoms. The molecule has 3 nitrogen and oxygen atoms in total. The third kappa shape index (κ3) is 3.70. The van der Waals surface area contributed by atoms with Gasteiger partial charge < -0.3 is 0 Å². The second-order valence-corrected chi connectivity index (χ2v) is 1.40. The fourth-order valence-corrected chi connectivity index (χ4v) is 0.138. The maximum Gasteiger partial charge on any atom is 0.173 e. The Kier molecular flexibility index (Phi) is 2.77. The van der Waals surface area contributed by atoms with Crippen molar-refractivity contribution in [1.29, 1.82) is 0 Å². The van der Waals surface area contributed by atoms with Crippen LogP contribution in [0.25, 0.3) is 0 Å². The first-order chi connectivity index (χ1) is 2.77. The standard InChI is InChI=1S/C2H4NO2P/c4-2(6)1-3-5/h1,6H2. The van der Waals surface area contributed by atoms with Crippen LogP contribution in [0.4, 0.5) is 0 Å². The van der Waals surface area contributed by atoms with Gasteiger partial charge in [0.25, 0.3) is 0 Å². The van der Waals surface area contributed by atoms with Gasteiger partial charge in [0.1, 0.15) is 6.54 Å². The molecule has 0 spiro atoms. The van der Waals surface area contributed by atoms with Crippen molar-refractivity contribution >= 4 is 14.8 Å². The fraction of sp³-hybridized carbons (Fsp3) is 0.500. The lowest BCUT2D eigenvalue weighted by atomic mass is 10.8. The van der Waals surface area contributed by atoms with Gasteiger partial charge in [-0.25, -0.2) is 0 Å². The molecule has 0 saturated carbocycles. The molecule has 0 aliphatic heterocycles. The Morgan fingerprint density at radius 3 is 2.33 bits per heavy atom. The molecule has 0 saturated heterocycles. The minimum Gasteiger partial charge on any atom is -0.293 e. The Morgan fingerprint density at radius 1 is 1.83 bits per heavy atom. The van der Waals surface area contributed by atoms with E-state index in [4.69, 9.17) is 4.91 Å². The van der Waals surface area contributed by atoms with Gasteiger partial charge in [-0.3, -0.25) is 4.79 Å². The molecule has 0 aliphatic carbocycles. The fourth-order valence-electron chi connectivity index (χ4n) is 0.0636. The highest BCUT2D eigenvalue weighted by atomic mass is 31.0. The Labute approximate surface area is 37.3 Å². The average molecular weight is 105 g/mol. The van der Waals surface area contributed by atoms with Crippen molar-refractivity contribution in [3.63, 3.8) is 0 Å². The van der Waals surface area contributed by atoms with Crippen molar-refractivity contribution < 1.29 is 4.79 Å². The number of carbonyl (C=O) groups is 1. The van der Waals surface area contributed by atoms with E-state index in [9.17, 15) is 4.79 Å². The van der Waals surface area contributed by atoms with Crippen molar-refractivity contribution in [2.45, 2.75) is 0 Å². The molecule has 0 amide bonds. The topological polar surface area (TPSA) is 46.5 Å². The Hall–Kier alpha value is -0.300. The van der Waals surface area contributed by atoms with Gasteiger partial charge in [-0.05, 0) is 0 Å². The molecule has 34 valence electrons. The van der Waals surface area contributed by atoms with E-state index in [1.54, 1.807) is 0 Å². The number of rotatable bonds is 2. The third-order valence-electron chi connectivity index (χ3n) is 0.220. The summed E-state index contributed by atoms with van der Waals surface area (Å²) in [5.74, 6) is 0. The average Bonchev–Trinajstić information content (AvgIpc) is 1.35. The van der Waals surface area contributed by atoms with E-state index in [1.807, 2.05) is 9.24 Å². The van der Waals surface area contributed by atoms with E-state index in [0.717, 1.165) is 0 Å². The number of nitrogens with zero attached hydrogens (tertiary/aromatic N) is 1. The highest BCUT2D eigenvalue weighted by Crippen LogP contribution is 1.81. The summed E-state index contributed by atoms with van der Waals surface area (Å²) in [6.45, 7) is -0.231. The van der Waals surface area contributed by atoms with Gasteiger partial charge >= 0.3 is 0 Å². The smallest absolute Gasteiger partial charge is 0.173 e. The molecule has 0 radical (unpaired) electrons. The van der Waals surface area contributed by atoms with Crippen molar-refractivity contribution in [3.05, 3.63) is 4.91 Å². The Morgan fingerprint density at radius 2 is 2.33 bits per heavy atom. The largest absolute Gasteiger partial charge is 0.293 e. The molecule has 0 aromatic heterocycles. The van der Waals surface area contributed by atoms with Crippen LogP contribution in [-0.2, 0) is 4.79 Å². The molecule has 0 N–H and O–H groups in total. The highest BCUT2D eigenvalue weighted by Gasteiger charge is 1.85. The van der Waals surface area contributed by atoms with Crippen LogP contribution in [0.1, 0.15) is 0 Å². The van der Waals surface area contributed by atoms with Gasteiger partial charge in [0, 0.05) is 0 Å². The molecular weight excluding hydrogens is 101 g/mol. The van der Waals surface area contributed by atoms with Gasteiger partial charge in [0.05, 0.1) is 0 Å². The summed E-state index contributed by atoms with van der Waals surface area (Å²) >= 11 is 0. The van der Waals surface area contributed by atoms with Crippen LogP contribution in [0.2, 0.25) is 0 Å². The molecule has 0 aliphatic rings. The molecule has 0 aromatic rings. The molecular formula is C2H4NO2P. The zero-order valence-corrected chi connectivity index (χ0v) is 4.20. The summed E-state index contributed by atoms with van der Waals surface area (Å²) < 4.78 is 0. The first-order valence-corrected chi connectivity index (χ1v) is 1.92. The molecule has 1 unspecified atom stereocenters. The lowest BCUT2D eigenvalue weighted by molar-refractivity contribution is -0.109. The lowest BCUT2D eigenvalue weighted by Gasteiger charge is -1.70. The van der Waals surface area contributed by atoms with Gasteiger partial charge in [0.2, 0.25) is 0 Å². The van der Waals surface area contributed by atoms with Crippen LogP contribution in [0, 0.1) is 4.91 Å². The second kappa shape index (κ2) is 2.91. The summed E-state index contributed by atoms with van der Waals surface area (Å²) in [5, 5.41) is 2.31. The summed E-state index contributed by atoms with van der Waals surface area (Å²) in [6.07, 6.45) is 0. The zero-order chi connectivity index (χ0) is 4.99. The van der Waals surface area contributed by atoms with Gasteiger partial charge in [-0.1, -0.05) is 14.4 Å². The summed E-state index contributed by atoms with van der Waals surface area (Å²) in [7, 11) is 1.85. The quantitative estimate of drug-likeness (QED) is 0.370. The van der Waals surface area contributed by atoms with Crippen LogP contribution in [0.5, 0.6) is 0 Å². The summed E-state index contributed by atoms with van der Waals surface area (Å²) in [6, 6.07) is 0. The van der Waals surface area contributed by atoms with Crippen LogP contribution >= 0.6 is 9.24 Å². The van der Waals surface area contributed by atoms with E-state index in [2.05, 4.69) is 5.18 Å². The van der Waals surface area contributed by atoms with E-state index in [-0.39, 0.29) is 12.1 Å². The molecule has 0 aromatic carbocycles. The predicted molar refractivity (Wildman–Crippen MR) is 25.4 cm³/mol. The predicted octanol–water partition coefficient (Wildman–Crippen LogP) is 0.154. The SMILES string of the molecule is O=NCC(=O)P. The lowest BCUT2D eigenvalue weighted by Crippen LogP contribution is -1.86. The summed E-state index contributed by atoms with van der Waals surface area (Å²) in [5.41, 5.74) is -0.273. The zero-order valence-electron chi connectivity index (χ0n) is 3.05. The van der Waals surface area contributed by atoms with Gasteiger partial charge in [-0.15, -0.1) is 0 Å². The van der Waals surface area contributed by atoms with E-state index in [0.29, 0.717) is 0 Å². The Bertz CT molecular complexity index is 71.9. The first kappa shape index (κ1) is 5.70. The van der Waals surface area contributed by atoms with Crippen molar-refractivity contribution in [2.75, 3.05) is 6.54 Å². The molecule has 1 atom stereocenters. The van der Waals surface area contributed by atoms with E-state index < -0.39 is 0 Å². The number of nitroso groups, excluding NO2 is 1. The van der Waals surface area contributed by atoms with Crippen molar-refractivity contribution in [3.8, 4) is 0 Å². The normalized spacial score (nSPS) is 7.50. The van der Waals surface area contributed by atoms with Crippen molar-refractivity contribution in [1.82, 2.24) is 0 Å². The van der Waals surface area contributed by atoms with Crippen molar-refractivity contribution in [2.24, 2.45) is 5.18 Å². The number of carbonyl (C=O) groups excluding carboxylic acids is 1. The van der Waals surface area contributed by atoms with E-state index in [1.165, 1.54) is 0 Å². The van der Waals surface area contributed by atoms with Crippen LogP contribution in [0.15, 0.2) is 5.18 Å². The molecule has 0 fully saturated rings. The minimum absolute atomic E-state index is 0.231. The molecule has 0 rings (SSSR count). The second-order valence-electron chi connectivity index (χ2n) is 0.754. The number of hydrogen-bond donors (Lipinski definition) is 0. The monoisotopic (exact) mass is 105 g/mol. The molecule has 4 heteroatoms. The van der Waals surface area contributed by atoms with Gasteiger partial charge in [0.15, 0.2) is 5.52 Å². The molecule has 6 heavy (non-hydrogen) atoms. The maximum absolute atomic E-state index is 9.71. The molecule has 0 heterocycles. The Balaban J connectivity index is 3.05. The minimum atomic E-state index is -0.273. The summed E-state index contributed by atoms with van der Waals surface area (Å²) in [4.78, 5) is 18.8. The first-order valence-electron chi connectivity index (χ1n) is 1.35. The highest BCUT2D eigenvalue weighted by molar-refractivity contribution is 7.40. The van der Waals surface area contributed by atoms with E-state index >= 15 is 0 Å². The van der Waals surface area contributed by atoms with Crippen LogP contribution in [-0.4, -0.2) is 12.1 Å². The maximum atomic E-state index is 9.71. The van der Waals surface area contributed by atoms with Gasteiger partial charge in [-0.2, -0.15) is 4.91 Å². The van der Waals surface area contributed by atoms with Crippen LogP contribution < -0.4 is 0 Å². The third-order valence-corrected chi connectivity index (χ3v) is 0.403. The number of hydrogen-bond acceptors (Lipinski definition) is 3.